The van der Waals surface area contributed by atoms with Crippen molar-refractivity contribution in [1.82, 2.24) is 9.78 Å². The summed E-state index contributed by atoms with van der Waals surface area (Å²) >= 11 is 0. The molecule has 0 bridgehead atoms. The molecule has 0 radical (unpaired) electrons. The molecule has 19 heavy (non-hydrogen) atoms. The third-order valence-corrected chi connectivity index (χ3v) is 3.29. The summed E-state index contributed by atoms with van der Waals surface area (Å²) in [4.78, 5) is 11.5. The molecular weight excluding hydrogens is 242 g/mol. The number of carboxylic acids is 1. The molecule has 0 saturated carbocycles. The molecule has 3 rings (SSSR count). The normalized spacial score (nSPS) is 13.7. The lowest BCUT2D eigenvalue weighted by Crippen LogP contribution is -2.19. The van der Waals surface area contributed by atoms with Crippen LogP contribution in [0, 0.1) is 0 Å². The Morgan fingerprint density at radius 2 is 2.16 bits per heavy atom. The zero-order valence-electron chi connectivity index (χ0n) is 10.5. The average molecular weight is 257 g/mol. The van der Waals surface area contributed by atoms with E-state index in [1.54, 1.807) is 4.68 Å². The number of aromatic carboxylic acids is 1. The topological polar surface area (TPSA) is 67.1 Å². The summed E-state index contributed by atoms with van der Waals surface area (Å²) in [6, 6.07) is 9.81. The van der Waals surface area contributed by atoms with Crippen LogP contribution in [0.3, 0.4) is 0 Å². The number of hydrogen-bond donors (Lipinski definition) is 2. The maximum absolute atomic E-state index is 11.5. The van der Waals surface area contributed by atoms with Gasteiger partial charge in [0.1, 0.15) is 11.4 Å². The largest absolute Gasteiger partial charge is 0.477 e. The summed E-state index contributed by atoms with van der Waals surface area (Å²) in [5.41, 5.74) is 2.01. The Hall–Kier alpha value is -2.30. The van der Waals surface area contributed by atoms with Gasteiger partial charge in [0.05, 0.1) is 5.69 Å². The van der Waals surface area contributed by atoms with E-state index >= 15 is 0 Å². The highest BCUT2D eigenvalue weighted by molar-refractivity contribution is 5.95. The fourth-order valence-corrected chi connectivity index (χ4v) is 2.43. The van der Waals surface area contributed by atoms with Crippen LogP contribution in [0.2, 0.25) is 0 Å². The van der Waals surface area contributed by atoms with Gasteiger partial charge in [0.25, 0.3) is 0 Å². The number of aromatic nitrogens is 2. The van der Waals surface area contributed by atoms with Crippen molar-refractivity contribution in [3.8, 4) is 0 Å². The van der Waals surface area contributed by atoms with Crippen molar-refractivity contribution in [2.75, 3.05) is 11.9 Å². The predicted molar refractivity (Wildman–Crippen MR) is 71.5 cm³/mol. The molecule has 0 fully saturated rings. The number of anilines is 1. The molecule has 2 aromatic rings. The van der Waals surface area contributed by atoms with Gasteiger partial charge in [0.15, 0.2) is 0 Å². The maximum atomic E-state index is 11.5. The van der Waals surface area contributed by atoms with Crippen LogP contribution < -0.4 is 5.32 Å². The number of nitrogens with one attached hydrogen (secondary N) is 1. The van der Waals surface area contributed by atoms with Crippen molar-refractivity contribution in [2.24, 2.45) is 0 Å². The molecule has 2 N–H and O–H groups in total. The first-order chi connectivity index (χ1) is 9.25. The first kappa shape index (κ1) is 11.8. The predicted octanol–water partition coefficient (Wildman–Crippen LogP) is 1.99. The lowest BCUT2D eigenvalue weighted by Gasteiger charge is -2.15. The van der Waals surface area contributed by atoms with E-state index in [9.17, 15) is 9.90 Å². The molecule has 0 unspecified atom stereocenters. The lowest BCUT2D eigenvalue weighted by molar-refractivity contribution is 0.0697. The SMILES string of the molecule is O=C(O)c1c(Cc2ccccc2)nn2c1NCCC2. The molecule has 1 aromatic heterocycles. The van der Waals surface area contributed by atoms with E-state index in [1.165, 1.54) is 0 Å². The van der Waals surface area contributed by atoms with E-state index in [4.69, 9.17) is 0 Å². The van der Waals surface area contributed by atoms with Gasteiger partial charge in [-0.15, -0.1) is 0 Å². The van der Waals surface area contributed by atoms with Crippen LogP contribution in [0.4, 0.5) is 5.82 Å². The van der Waals surface area contributed by atoms with E-state index in [1.807, 2.05) is 30.3 Å². The van der Waals surface area contributed by atoms with Crippen LogP contribution in [-0.4, -0.2) is 27.4 Å². The van der Waals surface area contributed by atoms with E-state index in [0.29, 0.717) is 23.5 Å². The van der Waals surface area contributed by atoms with Gasteiger partial charge in [0.2, 0.25) is 0 Å². The first-order valence-corrected chi connectivity index (χ1v) is 6.36. The van der Waals surface area contributed by atoms with Gasteiger partial charge in [-0.05, 0) is 12.0 Å². The van der Waals surface area contributed by atoms with Crippen LogP contribution >= 0.6 is 0 Å². The molecule has 5 nitrogen and oxygen atoms in total. The number of rotatable bonds is 3. The van der Waals surface area contributed by atoms with Crippen molar-refractivity contribution in [3.63, 3.8) is 0 Å². The summed E-state index contributed by atoms with van der Waals surface area (Å²) < 4.78 is 1.77. The minimum atomic E-state index is -0.915. The number of benzene rings is 1. The molecule has 0 atom stereocenters. The van der Waals surface area contributed by atoms with Crippen LogP contribution in [-0.2, 0) is 13.0 Å². The Kier molecular flexibility index (Phi) is 2.95. The lowest BCUT2D eigenvalue weighted by atomic mass is 10.1. The van der Waals surface area contributed by atoms with Gasteiger partial charge in [0, 0.05) is 19.5 Å². The maximum Gasteiger partial charge on any atom is 0.341 e. The zero-order valence-corrected chi connectivity index (χ0v) is 10.5. The minimum Gasteiger partial charge on any atom is -0.477 e. The molecule has 1 aliphatic rings. The molecule has 0 aliphatic carbocycles. The van der Waals surface area contributed by atoms with Crippen LogP contribution in [0.25, 0.3) is 0 Å². The number of carbonyl (C=O) groups is 1. The zero-order chi connectivity index (χ0) is 13.2. The standard InChI is InChI=1S/C14H15N3O2/c18-14(19)12-11(9-10-5-2-1-3-6-10)16-17-8-4-7-15-13(12)17/h1-3,5-6,15H,4,7-9H2,(H,18,19). The van der Waals surface area contributed by atoms with Crippen LogP contribution in [0.1, 0.15) is 28.0 Å². The number of hydrogen-bond acceptors (Lipinski definition) is 3. The van der Waals surface area contributed by atoms with Crippen molar-refractivity contribution >= 4 is 11.8 Å². The molecule has 98 valence electrons. The summed E-state index contributed by atoms with van der Waals surface area (Å²) in [5, 5.41) is 17.0. The van der Waals surface area contributed by atoms with E-state index in [-0.39, 0.29) is 0 Å². The van der Waals surface area contributed by atoms with Gasteiger partial charge in [-0.3, -0.25) is 0 Å². The third-order valence-electron chi connectivity index (χ3n) is 3.29. The van der Waals surface area contributed by atoms with Gasteiger partial charge in [-0.2, -0.15) is 5.10 Å². The Balaban J connectivity index is 2.01. The molecule has 5 heteroatoms. The molecule has 1 aliphatic heterocycles. The number of nitrogens with zero attached hydrogens (tertiary/aromatic N) is 2. The highest BCUT2D eigenvalue weighted by Gasteiger charge is 2.24. The Morgan fingerprint density at radius 1 is 1.37 bits per heavy atom. The first-order valence-electron chi connectivity index (χ1n) is 6.36. The molecule has 0 spiro atoms. The summed E-state index contributed by atoms with van der Waals surface area (Å²) in [5.74, 6) is -0.272. The molecule has 1 aromatic carbocycles. The van der Waals surface area contributed by atoms with Gasteiger partial charge < -0.3 is 10.4 Å². The van der Waals surface area contributed by atoms with E-state index < -0.39 is 5.97 Å². The highest BCUT2D eigenvalue weighted by atomic mass is 16.4. The van der Waals surface area contributed by atoms with Crippen molar-refractivity contribution in [2.45, 2.75) is 19.4 Å². The van der Waals surface area contributed by atoms with Crippen molar-refractivity contribution in [1.29, 1.82) is 0 Å². The van der Waals surface area contributed by atoms with Crippen LogP contribution in [0.15, 0.2) is 30.3 Å². The minimum absolute atomic E-state index is 0.309. The summed E-state index contributed by atoms with van der Waals surface area (Å²) in [7, 11) is 0. The Labute approximate surface area is 110 Å². The Morgan fingerprint density at radius 3 is 2.89 bits per heavy atom. The van der Waals surface area contributed by atoms with Crippen molar-refractivity contribution < 1.29 is 9.90 Å². The fraction of sp³-hybridized carbons (Fsp3) is 0.286. The summed E-state index contributed by atoms with van der Waals surface area (Å²) in [6.07, 6.45) is 1.52. The van der Waals surface area contributed by atoms with Gasteiger partial charge >= 0.3 is 5.97 Å². The quantitative estimate of drug-likeness (QED) is 0.882. The Bertz CT molecular complexity index is 605. The number of carboxylic acid groups (broad SMARTS) is 1. The third kappa shape index (κ3) is 2.19. The molecule has 2 heterocycles. The molecular formula is C14H15N3O2. The average Bonchev–Trinajstić information content (AvgIpc) is 2.77. The van der Waals surface area contributed by atoms with Crippen LogP contribution in [0.5, 0.6) is 0 Å². The second kappa shape index (κ2) is 4.76. The van der Waals surface area contributed by atoms with E-state index in [2.05, 4.69) is 10.4 Å². The summed E-state index contributed by atoms with van der Waals surface area (Å²) in [6.45, 7) is 1.58. The monoisotopic (exact) mass is 257 g/mol. The molecule has 0 amide bonds. The van der Waals surface area contributed by atoms with Gasteiger partial charge in [-0.25, -0.2) is 9.48 Å². The smallest absolute Gasteiger partial charge is 0.341 e. The number of fused-ring (bicyclic) bond motifs is 1. The number of aryl methyl sites for hydroxylation is 1. The van der Waals surface area contributed by atoms with Gasteiger partial charge in [-0.1, -0.05) is 30.3 Å². The second-order valence-corrected chi connectivity index (χ2v) is 4.64. The van der Waals surface area contributed by atoms with Crippen molar-refractivity contribution in [3.05, 3.63) is 47.2 Å². The highest BCUT2D eigenvalue weighted by Crippen LogP contribution is 2.25. The molecule has 0 saturated heterocycles. The fourth-order valence-electron chi connectivity index (χ4n) is 2.43. The van der Waals surface area contributed by atoms with E-state index in [0.717, 1.165) is 25.1 Å². The second-order valence-electron chi connectivity index (χ2n) is 4.64.